The van der Waals surface area contributed by atoms with Gasteiger partial charge in [0.05, 0.1) is 11.4 Å². The molecule has 21 heavy (non-hydrogen) atoms. The van der Waals surface area contributed by atoms with Crippen LogP contribution in [-0.2, 0) is 11.5 Å². The first-order valence-corrected chi connectivity index (χ1v) is 8.84. The highest BCUT2D eigenvalue weighted by Crippen LogP contribution is 2.25. The maximum atomic E-state index is 4.66. The zero-order chi connectivity index (χ0) is 14.5. The van der Waals surface area contributed by atoms with Gasteiger partial charge in [-0.05, 0) is 24.6 Å². The van der Waals surface area contributed by atoms with Gasteiger partial charge in [0.1, 0.15) is 5.01 Å². The van der Waals surface area contributed by atoms with Crippen molar-refractivity contribution in [1.29, 1.82) is 0 Å². The van der Waals surface area contributed by atoms with Gasteiger partial charge in [0.15, 0.2) is 0 Å². The largest absolute Gasteiger partial charge is 0.254 e. The molecule has 2 heterocycles. The van der Waals surface area contributed by atoms with E-state index in [0.717, 1.165) is 27.9 Å². The number of hydrogen-bond acceptors (Lipinski definition) is 4. The van der Waals surface area contributed by atoms with Gasteiger partial charge in [-0.2, -0.15) is 11.8 Å². The molecule has 2 aromatic heterocycles. The molecule has 0 unspecified atom stereocenters. The van der Waals surface area contributed by atoms with Gasteiger partial charge in [0.2, 0.25) is 0 Å². The molecule has 0 bridgehead atoms. The van der Waals surface area contributed by atoms with Gasteiger partial charge >= 0.3 is 0 Å². The Labute approximate surface area is 133 Å². The van der Waals surface area contributed by atoms with Crippen LogP contribution in [0.4, 0.5) is 0 Å². The molecular formula is C17H16N2S2. The second-order valence-electron chi connectivity index (χ2n) is 4.84. The van der Waals surface area contributed by atoms with Crippen LogP contribution in [0.15, 0.2) is 54.0 Å². The smallest absolute Gasteiger partial charge is 0.142 e. The maximum Gasteiger partial charge on any atom is 0.142 e. The van der Waals surface area contributed by atoms with Crippen LogP contribution >= 0.6 is 23.1 Å². The molecule has 1 aromatic carbocycles. The standard InChI is InChI=1S/C17H16N2S2/c1-13-5-4-6-14(9-13)10-20-11-15-12-21-17(19-15)16-7-2-3-8-18-16/h2-9,12H,10-11H2,1H3. The lowest BCUT2D eigenvalue weighted by Crippen LogP contribution is -1.86. The van der Waals surface area contributed by atoms with E-state index in [1.807, 2.05) is 36.2 Å². The first kappa shape index (κ1) is 14.3. The van der Waals surface area contributed by atoms with Crippen LogP contribution in [0.1, 0.15) is 16.8 Å². The molecule has 0 aliphatic heterocycles. The first-order valence-electron chi connectivity index (χ1n) is 6.80. The first-order chi connectivity index (χ1) is 10.3. The molecule has 0 N–H and O–H groups in total. The Balaban J connectivity index is 1.58. The SMILES string of the molecule is Cc1cccc(CSCc2csc(-c3ccccn3)n2)c1. The van der Waals surface area contributed by atoms with Crippen LogP contribution in [-0.4, -0.2) is 9.97 Å². The Bertz CT molecular complexity index is 708. The molecule has 0 aliphatic rings. The van der Waals surface area contributed by atoms with Crippen molar-refractivity contribution in [3.05, 3.63) is 70.9 Å². The van der Waals surface area contributed by atoms with Gasteiger partial charge in [-0.3, -0.25) is 4.98 Å². The quantitative estimate of drug-likeness (QED) is 0.667. The molecule has 0 radical (unpaired) electrons. The van der Waals surface area contributed by atoms with Gasteiger partial charge < -0.3 is 0 Å². The molecular weight excluding hydrogens is 296 g/mol. The number of aromatic nitrogens is 2. The van der Waals surface area contributed by atoms with E-state index in [4.69, 9.17) is 0 Å². The minimum atomic E-state index is 0.942. The van der Waals surface area contributed by atoms with E-state index in [9.17, 15) is 0 Å². The van der Waals surface area contributed by atoms with Crippen molar-refractivity contribution in [3.8, 4) is 10.7 Å². The second kappa shape index (κ2) is 6.87. The highest BCUT2D eigenvalue weighted by molar-refractivity contribution is 7.97. The van der Waals surface area contributed by atoms with Crippen molar-refractivity contribution in [2.75, 3.05) is 0 Å². The Morgan fingerprint density at radius 1 is 1.10 bits per heavy atom. The topological polar surface area (TPSA) is 25.8 Å². The van der Waals surface area contributed by atoms with Crippen LogP contribution in [0.5, 0.6) is 0 Å². The van der Waals surface area contributed by atoms with Crippen LogP contribution in [0.3, 0.4) is 0 Å². The molecule has 2 nitrogen and oxygen atoms in total. The van der Waals surface area contributed by atoms with E-state index < -0.39 is 0 Å². The summed E-state index contributed by atoms with van der Waals surface area (Å²) >= 11 is 3.56. The fraction of sp³-hybridized carbons (Fsp3) is 0.176. The van der Waals surface area contributed by atoms with Crippen LogP contribution in [0, 0.1) is 6.92 Å². The molecule has 3 rings (SSSR count). The fourth-order valence-corrected chi connectivity index (χ4v) is 3.83. The number of hydrogen-bond donors (Lipinski definition) is 0. The van der Waals surface area contributed by atoms with E-state index in [-0.39, 0.29) is 0 Å². The third kappa shape index (κ3) is 3.93. The van der Waals surface area contributed by atoms with Crippen molar-refractivity contribution in [1.82, 2.24) is 9.97 Å². The van der Waals surface area contributed by atoms with Gasteiger partial charge in [-0.1, -0.05) is 35.9 Å². The summed E-state index contributed by atoms with van der Waals surface area (Å²) in [6.45, 7) is 2.13. The Kier molecular flexibility index (Phi) is 4.68. The molecule has 106 valence electrons. The molecule has 4 heteroatoms. The fourth-order valence-electron chi connectivity index (χ4n) is 2.06. The average Bonchev–Trinajstić information content (AvgIpc) is 2.97. The Morgan fingerprint density at radius 2 is 2.05 bits per heavy atom. The third-order valence-corrected chi connectivity index (χ3v) is 4.99. The van der Waals surface area contributed by atoms with Crippen molar-refractivity contribution in [3.63, 3.8) is 0 Å². The maximum absolute atomic E-state index is 4.66. The summed E-state index contributed by atoms with van der Waals surface area (Å²) in [5.41, 5.74) is 4.79. The number of pyridine rings is 1. The van der Waals surface area contributed by atoms with Crippen LogP contribution in [0.25, 0.3) is 10.7 Å². The monoisotopic (exact) mass is 312 g/mol. The summed E-state index contributed by atoms with van der Waals surface area (Å²) in [5.74, 6) is 1.97. The van der Waals surface area contributed by atoms with E-state index in [0.29, 0.717) is 0 Å². The molecule has 0 spiro atoms. The van der Waals surface area contributed by atoms with E-state index >= 15 is 0 Å². The molecule has 0 fully saturated rings. The zero-order valence-electron chi connectivity index (χ0n) is 11.8. The molecule has 0 amide bonds. The number of thioether (sulfide) groups is 1. The summed E-state index contributed by atoms with van der Waals surface area (Å²) in [4.78, 5) is 9.01. The molecule has 0 atom stereocenters. The number of rotatable bonds is 5. The average molecular weight is 312 g/mol. The Morgan fingerprint density at radius 3 is 2.86 bits per heavy atom. The summed E-state index contributed by atoms with van der Waals surface area (Å²) in [6.07, 6.45) is 1.81. The van der Waals surface area contributed by atoms with E-state index in [1.165, 1.54) is 11.1 Å². The summed E-state index contributed by atoms with van der Waals surface area (Å²) < 4.78 is 0. The van der Waals surface area contributed by atoms with Gasteiger partial charge in [0.25, 0.3) is 0 Å². The normalized spacial score (nSPS) is 10.7. The number of thiazole rings is 1. The summed E-state index contributed by atoms with van der Waals surface area (Å²) in [5, 5.41) is 3.13. The molecule has 0 aliphatic carbocycles. The molecule has 0 saturated carbocycles. The van der Waals surface area contributed by atoms with Crippen LogP contribution in [0.2, 0.25) is 0 Å². The van der Waals surface area contributed by atoms with E-state index in [2.05, 4.69) is 46.5 Å². The predicted octanol–water partition coefficient (Wildman–Crippen LogP) is 4.95. The predicted molar refractivity (Wildman–Crippen MR) is 91.5 cm³/mol. The second-order valence-corrected chi connectivity index (χ2v) is 6.68. The van der Waals surface area contributed by atoms with Crippen molar-refractivity contribution < 1.29 is 0 Å². The van der Waals surface area contributed by atoms with Crippen molar-refractivity contribution in [2.24, 2.45) is 0 Å². The summed E-state index contributed by atoms with van der Waals surface area (Å²) in [6, 6.07) is 14.6. The molecule has 3 aromatic rings. The van der Waals surface area contributed by atoms with E-state index in [1.54, 1.807) is 11.3 Å². The van der Waals surface area contributed by atoms with Crippen molar-refractivity contribution >= 4 is 23.1 Å². The number of benzene rings is 1. The van der Waals surface area contributed by atoms with Crippen LogP contribution < -0.4 is 0 Å². The zero-order valence-corrected chi connectivity index (χ0v) is 13.5. The van der Waals surface area contributed by atoms with Gasteiger partial charge in [0, 0.05) is 23.1 Å². The lowest BCUT2D eigenvalue weighted by atomic mass is 10.2. The number of nitrogens with zero attached hydrogens (tertiary/aromatic N) is 2. The number of aryl methyl sites for hydroxylation is 1. The minimum Gasteiger partial charge on any atom is -0.254 e. The highest BCUT2D eigenvalue weighted by Gasteiger charge is 2.05. The lowest BCUT2D eigenvalue weighted by molar-refractivity contribution is 1.21. The van der Waals surface area contributed by atoms with Gasteiger partial charge in [-0.25, -0.2) is 4.98 Å². The lowest BCUT2D eigenvalue weighted by Gasteiger charge is -2.01. The minimum absolute atomic E-state index is 0.942. The van der Waals surface area contributed by atoms with Crippen molar-refractivity contribution in [2.45, 2.75) is 18.4 Å². The summed E-state index contributed by atoms with van der Waals surface area (Å²) in [7, 11) is 0. The molecule has 0 saturated heterocycles. The third-order valence-electron chi connectivity index (χ3n) is 3.04. The Hall–Kier alpha value is -1.65. The highest BCUT2D eigenvalue weighted by atomic mass is 32.2. The van der Waals surface area contributed by atoms with Gasteiger partial charge in [-0.15, -0.1) is 11.3 Å².